The van der Waals surface area contributed by atoms with Gasteiger partial charge in [-0.15, -0.1) is 0 Å². The average Bonchev–Trinajstić information content (AvgIpc) is 3.03. The van der Waals surface area contributed by atoms with E-state index < -0.39 is 0 Å². The van der Waals surface area contributed by atoms with Crippen LogP contribution in [0.2, 0.25) is 0 Å². The number of morpholine rings is 1. The molecule has 6 heteroatoms. The summed E-state index contributed by atoms with van der Waals surface area (Å²) in [6, 6.07) is 0.429. The second-order valence-electron chi connectivity index (χ2n) is 6.10. The monoisotopic (exact) mass is 293 g/mol. The topological polar surface area (TPSA) is 58.8 Å². The molecular weight excluding hydrogens is 270 g/mol. The van der Waals surface area contributed by atoms with Crippen molar-refractivity contribution in [2.75, 3.05) is 39.4 Å². The maximum absolute atomic E-state index is 12.7. The molecule has 21 heavy (non-hydrogen) atoms. The highest BCUT2D eigenvalue weighted by Crippen LogP contribution is 2.25. The van der Waals surface area contributed by atoms with Crippen molar-refractivity contribution in [1.82, 2.24) is 15.0 Å². The fraction of sp³-hybridized carbons (Fsp3) is 0.733. The maximum atomic E-state index is 12.7. The van der Waals surface area contributed by atoms with E-state index in [0.717, 1.165) is 39.4 Å². The van der Waals surface area contributed by atoms with E-state index in [0.29, 0.717) is 29.0 Å². The lowest BCUT2D eigenvalue weighted by Gasteiger charge is -2.33. The first-order chi connectivity index (χ1) is 10.1. The molecule has 3 heterocycles. The highest BCUT2D eigenvalue weighted by Gasteiger charge is 2.38. The van der Waals surface area contributed by atoms with E-state index in [-0.39, 0.29) is 5.91 Å². The second-order valence-corrected chi connectivity index (χ2v) is 6.10. The Hall–Kier alpha value is -1.40. The van der Waals surface area contributed by atoms with E-state index in [4.69, 9.17) is 9.26 Å². The fourth-order valence-corrected chi connectivity index (χ4v) is 3.45. The van der Waals surface area contributed by atoms with Crippen molar-refractivity contribution in [1.29, 1.82) is 0 Å². The van der Waals surface area contributed by atoms with E-state index in [1.54, 1.807) is 6.92 Å². The number of aromatic nitrogens is 1. The zero-order valence-electron chi connectivity index (χ0n) is 13.0. The number of hydrogen-bond donors (Lipinski definition) is 0. The van der Waals surface area contributed by atoms with Crippen LogP contribution in [-0.4, -0.2) is 66.3 Å². The van der Waals surface area contributed by atoms with Gasteiger partial charge in [-0.25, -0.2) is 0 Å². The van der Waals surface area contributed by atoms with E-state index in [1.807, 2.05) is 11.8 Å². The molecule has 0 unspecified atom stereocenters. The van der Waals surface area contributed by atoms with Gasteiger partial charge in [-0.05, 0) is 19.8 Å². The number of likely N-dealkylation sites (tertiary alicyclic amines) is 1. The van der Waals surface area contributed by atoms with Crippen LogP contribution in [0.4, 0.5) is 0 Å². The van der Waals surface area contributed by atoms with Crippen LogP contribution >= 0.6 is 0 Å². The minimum atomic E-state index is 0.0499. The Bertz CT molecular complexity index is 503. The lowest BCUT2D eigenvalue weighted by Crippen LogP contribution is -2.47. The SMILES string of the molecule is Cc1noc(C)c1C(=O)N1C[C@@H](C)[C@H](N2CCOCC2)C1. The molecule has 0 saturated carbocycles. The second kappa shape index (κ2) is 5.77. The molecule has 1 aromatic heterocycles. The number of ether oxygens (including phenoxy) is 1. The maximum Gasteiger partial charge on any atom is 0.259 e. The van der Waals surface area contributed by atoms with Gasteiger partial charge in [0, 0.05) is 32.2 Å². The number of carbonyl (C=O) groups excluding carboxylic acids is 1. The van der Waals surface area contributed by atoms with E-state index in [9.17, 15) is 4.79 Å². The third-order valence-corrected chi connectivity index (χ3v) is 4.62. The Balaban J connectivity index is 1.72. The number of carbonyl (C=O) groups is 1. The summed E-state index contributed by atoms with van der Waals surface area (Å²) in [6.45, 7) is 10.9. The largest absolute Gasteiger partial charge is 0.379 e. The van der Waals surface area contributed by atoms with Crippen LogP contribution in [0.25, 0.3) is 0 Å². The number of aryl methyl sites for hydroxylation is 2. The van der Waals surface area contributed by atoms with Crippen LogP contribution in [0.3, 0.4) is 0 Å². The van der Waals surface area contributed by atoms with Crippen LogP contribution in [0.15, 0.2) is 4.52 Å². The predicted octanol–water partition coefficient (Wildman–Crippen LogP) is 1.08. The van der Waals surface area contributed by atoms with Gasteiger partial charge in [-0.3, -0.25) is 9.69 Å². The minimum Gasteiger partial charge on any atom is -0.379 e. The van der Waals surface area contributed by atoms with Crippen LogP contribution < -0.4 is 0 Å². The molecule has 1 aromatic rings. The third-order valence-electron chi connectivity index (χ3n) is 4.62. The van der Waals surface area contributed by atoms with E-state index in [1.165, 1.54) is 0 Å². The summed E-state index contributed by atoms with van der Waals surface area (Å²) >= 11 is 0. The van der Waals surface area contributed by atoms with Gasteiger partial charge >= 0.3 is 0 Å². The first-order valence-electron chi connectivity index (χ1n) is 7.62. The molecule has 0 N–H and O–H groups in total. The molecule has 0 bridgehead atoms. The van der Waals surface area contributed by atoms with Gasteiger partial charge in [0.15, 0.2) is 0 Å². The zero-order chi connectivity index (χ0) is 15.0. The summed E-state index contributed by atoms with van der Waals surface area (Å²) in [5.41, 5.74) is 1.31. The summed E-state index contributed by atoms with van der Waals surface area (Å²) in [6.07, 6.45) is 0. The van der Waals surface area contributed by atoms with Gasteiger partial charge in [0.2, 0.25) is 0 Å². The molecular formula is C15H23N3O3. The highest BCUT2D eigenvalue weighted by atomic mass is 16.5. The molecule has 0 spiro atoms. The van der Waals surface area contributed by atoms with Gasteiger partial charge < -0.3 is 14.2 Å². The van der Waals surface area contributed by atoms with Crippen LogP contribution in [0, 0.1) is 19.8 Å². The molecule has 2 aliphatic heterocycles. The quantitative estimate of drug-likeness (QED) is 0.817. The van der Waals surface area contributed by atoms with E-state index >= 15 is 0 Å². The molecule has 2 saturated heterocycles. The lowest BCUT2D eigenvalue weighted by molar-refractivity contribution is 0.0119. The number of hydrogen-bond acceptors (Lipinski definition) is 5. The number of nitrogens with zero attached hydrogens (tertiary/aromatic N) is 3. The van der Waals surface area contributed by atoms with Crippen molar-refractivity contribution in [2.45, 2.75) is 26.8 Å². The summed E-state index contributed by atoms with van der Waals surface area (Å²) in [5.74, 6) is 1.14. The fourth-order valence-electron chi connectivity index (χ4n) is 3.45. The van der Waals surface area contributed by atoms with Gasteiger partial charge in [-0.1, -0.05) is 12.1 Å². The van der Waals surface area contributed by atoms with Crippen molar-refractivity contribution in [3.63, 3.8) is 0 Å². The number of rotatable bonds is 2. The molecule has 2 fully saturated rings. The predicted molar refractivity (Wildman–Crippen MR) is 77.2 cm³/mol. The van der Waals surface area contributed by atoms with Gasteiger partial charge in [0.05, 0.1) is 18.9 Å². The standard InChI is InChI=1S/C15H23N3O3/c1-10-8-18(9-13(10)17-4-6-20-7-5-17)15(19)14-11(2)16-21-12(14)3/h10,13H,4-9H2,1-3H3/t10-,13-/m1/s1. The van der Waals surface area contributed by atoms with Crippen molar-refractivity contribution < 1.29 is 14.1 Å². The Morgan fingerprint density at radius 1 is 1.24 bits per heavy atom. The van der Waals surface area contributed by atoms with Gasteiger partial charge in [-0.2, -0.15) is 0 Å². The summed E-state index contributed by atoms with van der Waals surface area (Å²) < 4.78 is 10.5. The van der Waals surface area contributed by atoms with Crippen molar-refractivity contribution in [3.05, 3.63) is 17.0 Å². The molecule has 2 atom stereocenters. The van der Waals surface area contributed by atoms with Gasteiger partial charge in [0.1, 0.15) is 11.3 Å². The minimum absolute atomic E-state index is 0.0499. The van der Waals surface area contributed by atoms with Gasteiger partial charge in [0.25, 0.3) is 5.91 Å². The van der Waals surface area contributed by atoms with Crippen molar-refractivity contribution in [3.8, 4) is 0 Å². The molecule has 0 aromatic carbocycles. The van der Waals surface area contributed by atoms with Crippen LogP contribution in [-0.2, 0) is 4.74 Å². The molecule has 116 valence electrons. The van der Waals surface area contributed by atoms with Crippen molar-refractivity contribution in [2.24, 2.45) is 5.92 Å². The molecule has 6 nitrogen and oxygen atoms in total. The Morgan fingerprint density at radius 3 is 2.57 bits per heavy atom. The average molecular weight is 293 g/mol. The molecule has 2 aliphatic rings. The summed E-state index contributed by atoms with van der Waals surface area (Å²) in [5, 5.41) is 3.89. The number of amides is 1. The van der Waals surface area contributed by atoms with Crippen molar-refractivity contribution >= 4 is 5.91 Å². The van der Waals surface area contributed by atoms with E-state index in [2.05, 4.69) is 17.0 Å². The molecule has 0 radical (unpaired) electrons. The Labute approximate surface area is 125 Å². The Morgan fingerprint density at radius 2 is 1.95 bits per heavy atom. The molecule has 1 amide bonds. The zero-order valence-corrected chi connectivity index (χ0v) is 13.0. The smallest absolute Gasteiger partial charge is 0.259 e. The Kier molecular flexibility index (Phi) is 3.99. The van der Waals surface area contributed by atoms with Crippen LogP contribution in [0.1, 0.15) is 28.7 Å². The lowest BCUT2D eigenvalue weighted by atomic mass is 10.0. The summed E-state index contributed by atoms with van der Waals surface area (Å²) in [7, 11) is 0. The normalized spacial score (nSPS) is 27.3. The third kappa shape index (κ3) is 2.70. The molecule has 0 aliphatic carbocycles. The van der Waals surface area contributed by atoms with Crippen LogP contribution in [0.5, 0.6) is 0 Å². The molecule has 3 rings (SSSR count). The first kappa shape index (κ1) is 14.5. The highest BCUT2D eigenvalue weighted by molar-refractivity contribution is 5.96. The summed E-state index contributed by atoms with van der Waals surface area (Å²) in [4.78, 5) is 17.1. The first-order valence-corrected chi connectivity index (χ1v) is 7.62.